The highest BCUT2D eigenvalue weighted by Gasteiger charge is 2.50. The molecule has 1 saturated carbocycles. The SMILES string of the molecule is CCO[C@@]1(CN2CCN3CCOC[C@@H]3C2)CCC[C@H](C)[C@@H](C)S(=O)(=O)NC(=O)c2ccc3c(c2)N(CCCCc2cc(Cl)ccc2CO3)C[C@@H]2CC[C@H]21. The molecule has 0 spiro atoms. The number of morpholine rings is 1. The molecule has 7 rings (SSSR count). The lowest BCUT2D eigenvalue weighted by atomic mass is 9.62. The molecule has 0 unspecified atom stereocenters. The van der Waals surface area contributed by atoms with Crippen molar-refractivity contribution in [1.82, 2.24) is 14.5 Å². The molecule has 0 radical (unpaired) electrons. The third-order valence-corrected chi connectivity index (χ3v) is 15.2. The summed E-state index contributed by atoms with van der Waals surface area (Å²) in [5.74, 6) is 0.704. The van der Waals surface area contributed by atoms with Gasteiger partial charge in [-0.15, -0.1) is 0 Å². The number of amides is 1. The predicted molar refractivity (Wildman–Crippen MR) is 209 cm³/mol. The number of anilines is 1. The Kier molecular flexibility index (Phi) is 12.3. The first kappa shape index (κ1) is 38.8. The van der Waals surface area contributed by atoms with Gasteiger partial charge >= 0.3 is 0 Å². The van der Waals surface area contributed by atoms with Gasteiger partial charge in [-0.1, -0.05) is 31.0 Å². The van der Waals surface area contributed by atoms with Crippen LogP contribution in [-0.2, 0) is 32.5 Å². The number of aryl methyl sites for hydroxylation is 1. The topological polar surface area (TPSA) is 101 Å². The van der Waals surface area contributed by atoms with E-state index in [0.717, 1.165) is 127 Å². The largest absolute Gasteiger partial charge is 0.487 e. The number of rotatable bonds is 4. The summed E-state index contributed by atoms with van der Waals surface area (Å²) in [6.07, 6.45) is 7.54. The average molecular weight is 771 g/mol. The van der Waals surface area contributed by atoms with E-state index in [4.69, 9.17) is 25.8 Å². The van der Waals surface area contributed by atoms with Gasteiger partial charge in [-0.05, 0) is 118 Å². The van der Waals surface area contributed by atoms with Crippen molar-refractivity contribution in [3.63, 3.8) is 0 Å². The number of nitrogens with zero attached hydrogens (tertiary/aromatic N) is 3. The molecule has 4 aliphatic heterocycles. The van der Waals surface area contributed by atoms with E-state index >= 15 is 0 Å². The van der Waals surface area contributed by atoms with E-state index in [-0.39, 0.29) is 11.5 Å². The number of fused-ring (bicyclic) bond motifs is 4. The zero-order chi connectivity index (χ0) is 37.2. The van der Waals surface area contributed by atoms with Gasteiger partial charge in [-0.25, -0.2) is 13.1 Å². The fraction of sp³-hybridized carbons (Fsp3) is 0.683. The minimum atomic E-state index is -3.93. The van der Waals surface area contributed by atoms with Crippen molar-refractivity contribution in [2.45, 2.75) is 95.6 Å². The van der Waals surface area contributed by atoms with Gasteiger partial charge in [0.15, 0.2) is 0 Å². The van der Waals surface area contributed by atoms with Crippen LogP contribution in [0.4, 0.5) is 5.69 Å². The monoisotopic (exact) mass is 770 g/mol. The average Bonchev–Trinajstić information content (AvgIpc) is 3.15. The third-order valence-electron chi connectivity index (χ3n) is 13.0. The highest BCUT2D eigenvalue weighted by molar-refractivity contribution is 7.90. The van der Waals surface area contributed by atoms with E-state index in [2.05, 4.69) is 26.3 Å². The Morgan fingerprint density at radius 2 is 1.85 bits per heavy atom. The molecular weight excluding hydrogens is 712 g/mol. The first-order valence-corrected chi connectivity index (χ1v) is 22.0. The maximum atomic E-state index is 13.7. The van der Waals surface area contributed by atoms with Crippen LogP contribution < -0.4 is 14.4 Å². The van der Waals surface area contributed by atoms with Crippen LogP contribution in [0.5, 0.6) is 5.75 Å². The maximum Gasteiger partial charge on any atom is 0.264 e. The lowest BCUT2D eigenvalue weighted by molar-refractivity contribution is -0.154. The summed E-state index contributed by atoms with van der Waals surface area (Å²) in [7, 11) is -3.93. The summed E-state index contributed by atoms with van der Waals surface area (Å²) < 4.78 is 49.3. The Balaban J connectivity index is 1.25. The third kappa shape index (κ3) is 8.70. The Hall–Kier alpha value is -2.41. The molecule has 2 saturated heterocycles. The number of ether oxygens (including phenoxy) is 3. The molecule has 292 valence electrons. The molecule has 5 aliphatic rings. The predicted octanol–water partition coefficient (Wildman–Crippen LogP) is 6.15. The van der Waals surface area contributed by atoms with Gasteiger partial charge in [0, 0.05) is 69.0 Å². The minimum Gasteiger partial charge on any atom is -0.487 e. The summed E-state index contributed by atoms with van der Waals surface area (Å²) >= 11 is 6.42. The highest BCUT2D eigenvalue weighted by Crippen LogP contribution is 2.48. The molecule has 2 bridgehead atoms. The summed E-state index contributed by atoms with van der Waals surface area (Å²) in [6, 6.07) is 11.8. The van der Waals surface area contributed by atoms with Gasteiger partial charge in [0.1, 0.15) is 12.4 Å². The zero-order valence-electron chi connectivity index (χ0n) is 31.9. The fourth-order valence-corrected chi connectivity index (χ4v) is 11.1. The van der Waals surface area contributed by atoms with Crippen LogP contribution in [0.1, 0.15) is 87.2 Å². The first-order valence-electron chi connectivity index (χ1n) is 20.1. The van der Waals surface area contributed by atoms with Gasteiger partial charge in [0.25, 0.3) is 5.91 Å². The fourth-order valence-electron chi connectivity index (χ4n) is 9.61. The van der Waals surface area contributed by atoms with E-state index in [1.54, 1.807) is 13.0 Å². The van der Waals surface area contributed by atoms with Crippen molar-refractivity contribution in [3.05, 3.63) is 58.1 Å². The van der Waals surface area contributed by atoms with Crippen LogP contribution in [-0.4, -0.2) is 107 Å². The molecule has 1 N–H and O–H groups in total. The van der Waals surface area contributed by atoms with Gasteiger partial charge in [-0.3, -0.25) is 14.6 Å². The van der Waals surface area contributed by atoms with E-state index in [0.29, 0.717) is 42.4 Å². The summed E-state index contributed by atoms with van der Waals surface area (Å²) in [6.45, 7) is 15.0. The molecule has 3 fully saturated rings. The molecule has 10 nitrogen and oxygen atoms in total. The molecule has 53 heavy (non-hydrogen) atoms. The number of carbonyl (C=O) groups is 1. The van der Waals surface area contributed by atoms with E-state index < -0.39 is 21.2 Å². The molecular formula is C41H59ClN4O6S. The van der Waals surface area contributed by atoms with Crippen molar-refractivity contribution >= 4 is 33.2 Å². The summed E-state index contributed by atoms with van der Waals surface area (Å²) in [4.78, 5) is 21.3. The van der Waals surface area contributed by atoms with Crippen LogP contribution in [0.2, 0.25) is 5.02 Å². The molecule has 1 amide bonds. The second-order valence-electron chi connectivity index (χ2n) is 16.3. The number of benzene rings is 2. The standard InChI is InChI=1S/C41H59ClN4O6S/c1-4-52-41(28-44-18-19-45-20-21-50-27-36(45)25-44)16-7-8-29(2)30(3)53(48,49)43-40(47)32-12-15-39-38(23-32)46(24-33-11-14-37(33)41)17-6-5-9-31-22-35(42)13-10-34(31)26-51-39/h10,12-13,15,22-23,29-30,33,36-37H,4-9,11,14,16-21,24-28H2,1-3H3,(H,43,47)/t29-,30+,33-,36-,37+,41+/m0/s1. The van der Waals surface area contributed by atoms with Crippen molar-refractivity contribution < 1.29 is 27.4 Å². The Labute approximate surface area is 321 Å². The van der Waals surface area contributed by atoms with Crippen LogP contribution in [0, 0.1) is 17.8 Å². The number of carbonyl (C=O) groups excluding carboxylic acids is 1. The Bertz CT molecular complexity index is 1710. The van der Waals surface area contributed by atoms with Crippen molar-refractivity contribution in [2.75, 3.05) is 70.5 Å². The van der Waals surface area contributed by atoms with Gasteiger partial charge in [0.05, 0.1) is 29.8 Å². The molecule has 0 aromatic heterocycles. The van der Waals surface area contributed by atoms with Gasteiger partial charge in [0.2, 0.25) is 10.0 Å². The Morgan fingerprint density at radius 1 is 0.981 bits per heavy atom. The van der Waals surface area contributed by atoms with Gasteiger partial charge in [-0.2, -0.15) is 0 Å². The van der Waals surface area contributed by atoms with Crippen LogP contribution in [0.15, 0.2) is 36.4 Å². The number of hydrogen-bond acceptors (Lipinski definition) is 9. The number of nitrogens with one attached hydrogen (secondary N) is 1. The number of hydrogen-bond donors (Lipinski definition) is 1. The lowest BCUT2D eigenvalue weighted by Gasteiger charge is -2.54. The maximum absolute atomic E-state index is 13.7. The number of sulfonamides is 1. The second kappa shape index (κ2) is 16.8. The second-order valence-corrected chi connectivity index (χ2v) is 18.8. The highest BCUT2D eigenvalue weighted by atomic mass is 35.5. The van der Waals surface area contributed by atoms with E-state index in [1.165, 1.54) is 5.56 Å². The quantitative estimate of drug-likeness (QED) is 0.393. The van der Waals surface area contributed by atoms with Crippen molar-refractivity contribution in [1.29, 1.82) is 0 Å². The minimum absolute atomic E-state index is 0.137. The zero-order valence-corrected chi connectivity index (χ0v) is 33.4. The molecule has 12 heteroatoms. The van der Waals surface area contributed by atoms with Crippen molar-refractivity contribution in [2.24, 2.45) is 17.8 Å². The van der Waals surface area contributed by atoms with Crippen LogP contribution in [0.3, 0.4) is 0 Å². The first-order chi connectivity index (χ1) is 25.5. The molecule has 2 aromatic carbocycles. The van der Waals surface area contributed by atoms with E-state index in [1.807, 2.05) is 37.3 Å². The lowest BCUT2D eigenvalue weighted by Crippen LogP contribution is -2.63. The normalized spacial score (nSPS) is 31.7. The van der Waals surface area contributed by atoms with Crippen LogP contribution >= 0.6 is 11.6 Å². The summed E-state index contributed by atoms with van der Waals surface area (Å²) in [5.41, 5.74) is 3.10. The molecule has 1 aliphatic carbocycles. The number of halogens is 1. The van der Waals surface area contributed by atoms with Gasteiger partial charge < -0.3 is 19.1 Å². The summed E-state index contributed by atoms with van der Waals surface area (Å²) in [5, 5.41) is -0.00730. The molecule has 2 aromatic rings. The molecule has 4 heterocycles. The van der Waals surface area contributed by atoms with Crippen molar-refractivity contribution in [3.8, 4) is 5.75 Å². The van der Waals surface area contributed by atoms with Crippen LogP contribution in [0.25, 0.3) is 0 Å². The number of piperazine rings is 1. The van der Waals surface area contributed by atoms with E-state index in [9.17, 15) is 13.2 Å². The Morgan fingerprint density at radius 3 is 2.66 bits per heavy atom. The molecule has 6 atom stereocenters. The smallest absolute Gasteiger partial charge is 0.264 e.